The molecule has 0 saturated carbocycles. The molecule has 3 rings (SSSR count). The highest BCUT2D eigenvalue weighted by molar-refractivity contribution is 7.90. The quantitative estimate of drug-likeness (QED) is 0.495. The molecule has 1 N–H and O–H groups in total. The zero-order valence-corrected chi connectivity index (χ0v) is 22.2. The molecule has 2 aromatic rings. The van der Waals surface area contributed by atoms with Crippen LogP contribution in [0.15, 0.2) is 53.4 Å². The minimum Gasteiger partial charge on any atom is -0.354 e. The molecule has 0 radical (unpaired) electrons. The third-order valence-electron chi connectivity index (χ3n) is 6.21. The summed E-state index contributed by atoms with van der Waals surface area (Å²) in [5.41, 5.74) is 2.14. The lowest BCUT2D eigenvalue weighted by Gasteiger charge is -2.31. The molecule has 9 heteroatoms. The van der Waals surface area contributed by atoms with Crippen LogP contribution in [0.3, 0.4) is 0 Å². The molecule has 1 heterocycles. The Kier molecular flexibility index (Phi) is 8.89. The molecule has 1 aliphatic rings. The Labute approximate surface area is 213 Å². The van der Waals surface area contributed by atoms with E-state index < -0.39 is 22.0 Å². The van der Waals surface area contributed by atoms with Crippen LogP contribution in [-0.2, 0) is 26.2 Å². The van der Waals surface area contributed by atoms with E-state index in [1.807, 2.05) is 52.0 Å². The molecule has 194 valence electrons. The first-order chi connectivity index (χ1) is 17.1. The summed E-state index contributed by atoms with van der Waals surface area (Å²) < 4.78 is 26.4. The standard InChI is InChI=1S/C27H35N3O5S/c1-5-23(26(32)28-17-19(2)3)29(18-21-14-12-20(4)13-15-21)25(31)11-8-16-30-27(33)22-9-6-7-10-24(22)36(30,34)35/h6-7,9-10,12-15,19,23H,5,8,11,16-18H2,1-4H3,(H,28,32)/t23-/m0/s1. The lowest BCUT2D eigenvalue weighted by atomic mass is 10.1. The minimum absolute atomic E-state index is 0.00445. The molecule has 0 spiro atoms. The molecule has 0 saturated heterocycles. The van der Waals surface area contributed by atoms with Gasteiger partial charge in [-0.15, -0.1) is 0 Å². The van der Waals surface area contributed by atoms with Gasteiger partial charge in [-0.2, -0.15) is 0 Å². The number of benzene rings is 2. The molecule has 0 fully saturated rings. The maximum Gasteiger partial charge on any atom is 0.269 e. The second kappa shape index (κ2) is 11.7. The number of hydrogen-bond donors (Lipinski definition) is 1. The monoisotopic (exact) mass is 513 g/mol. The minimum atomic E-state index is -3.92. The average molecular weight is 514 g/mol. The predicted molar refractivity (Wildman–Crippen MR) is 138 cm³/mol. The smallest absolute Gasteiger partial charge is 0.269 e. The van der Waals surface area contributed by atoms with Crippen molar-refractivity contribution in [2.45, 2.75) is 64.4 Å². The summed E-state index contributed by atoms with van der Waals surface area (Å²) in [6.07, 6.45) is 0.609. The molecule has 1 aliphatic heterocycles. The fraction of sp³-hybridized carbons (Fsp3) is 0.444. The zero-order valence-electron chi connectivity index (χ0n) is 21.4. The maximum atomic E-state index is 13.4. The third-order valence-corrected chi connectivity index (χ3v) is 8.05. The molecular weight excluding hydrogens is 478 g/mol. The molecule has 36 heavy (non-hydrogen) atoms. The first-order valence-corrected chi connectivity index (χ1v) is 13.8. The van der Waals surface area contributed by atoms with E-state index in [9.17, 15) is 22.8 Å². The Morgan fingerprint density at radius 2 is 1.72 bits per heavy atom. The summed E-state index contributed by atoms with van der Waals surface area (Å²) in [6, 6.07) is 13.2. The van der Waals surface area contributed by atoms with E-state index in [0.29, 0.717) is 13.0 Å². The van der Waals surface area contributed by atoms with Crippen LogP contribution in [-0.4, -0.2) is 54.5 Å². The zero-order chi connectivity index (χ0) is 26.5. The van der Waals surface area contributed by atoms with Crippen molar-refractivity contribution in [1.29, 1.82) is 0 Å². The van der Waals surface area contributed by atoms with E-state index in [1.165, 1.54) is 12.1 Å². The highest BCUT2D eigenvalue weighted by Crippen LogP contribution is 2.30. The molecule has 0 bridgehead atoms. The van der Waals surface area contributed by atoms with E-state index in [1.54, 1.807) is 17.0 Å². The van der Waals surface area contributed by atoms with Gasteiger partial charge < -0.3 is 10.2 Å². The summed E-state index contributed by atoms with van der Waals surface area (Å²) in [6.45, 7) is 8.52. The highest BCUT2D eigenvalue weighted by atomic mass is 32.2. The fourth-order valence-electron chi connectivity index (χ4n) is 4.20. The highest BCUT2D eigenvalue weighted by Gasteiger charge is 2.40. The molecule has 1 atom stereocenters. The molecule has 3 amide bonds. The number of nitrogens with zero attached hydrogens (tertiary/aromatic N) is 2. The summed E-state index contributed by atoms with van der Waals surface area (Å²) >= 11 is 0. The van der Waals surface area contributed by atoms with Gasteiger partial charge in [0.1, 0.15) is 10.9 Å². The largest absolute Gasteiger partial charge is 0.354 e. The number of carbonyl (C=O) groups excluding carboxylic acids is 3. The number of rotatable bonds is 11. The fourth-order valence-corrected chi connectivity index (χ4v) is 5.81. The van der Waals surface area contributed by atoms with Crippen LogP contribution in [0.4, 0.5) is 0 Å². The van der Waals surface area contributed by atoms with Crippen LogP contribution < -0.4 is 5.32 Å². The SMILES string of the molecule is CC[C@@H](C(=O)NCC(C)C)N(Cc1ccc(C)cc1)C(=O)CCCN1C(=O)c2ccccc2S1(=O)=O. The average Bonchev–Trinajstić information content (AvgIpc) is 3.04. The second-order valence-electron chi connectivity index (χ2n) is 9.55. The number of aryl methyl sites for hydroxylation is 1. The Morgan fingerprint density at radius 3 is 2.33 bits per heavy atom. The molecule has 2 aromatic carbocycles. The van der Waals surface area contributed by atoms with Gasteiger partial charge in [0.05, 0.1) is 5.56 Å². The van der Waals surface area contributed by atoms with Crippen molar-refractivity contribution in [1.82, 2.24) is 14.5 Å². The number of hydrogen-bond acceptors (Lipinski definition) is 5. The van der Waals surface area contributed by atoms with Crippen molar-refractivity contribution in [3.05, 3.63) is 65.2 Å². The van der Waals surface area contributed by atoms with Gasteiger partial charge in [-0.25, -0.2) is 12.7 Å². The van der Waals surface area contributed by atoms with E-state index in [0.717, 1.165) is 15.4 Å². The van der Waals surface area contributed by atoms with Crippen molar-refractivity contribution in [3.63, 3.8) is 0 Å². The Balaban J connectivity index is 1.73. The van der Waals surface area contributed by atoms with Gasteiger partial charge in [0.25, 0.3) is 15.9 Å². The van der Waals surface area contributed by atoms with Gasteiger partial charge in [0.15, 0.2) is 0 Å². The van der Waals surface area contributed by atoms with Crippen LogP contribution in [0.2, 0.25) is 0 Å². The van der Waals surface area contributed by atoms with Crippen molar-refractivity contribution in [3.8, 4) is 0 Å². The van der Waals surface area contributed by atoms with Gasteiger partial charge in [-0.1, -0.05) is 62.7 Å². The second-order valence-corrected chi connectivity index (χ2v) is 11.4. The van der Waals surface area contributed by atoms with Crippen LogP contribution in [0.5, 0.6) is 0 Å². The summed E-state index contributed by atoms with van der Waals surface area (Å²) in [5.74, 6) is -0.770. The molecule has 0 unspecified atom stereocenters. The normalized spacial score (nSPS) is 15.0. The summed E-state index contributed by atoms with van der Waals surface area (Å²) in [4.78, 5) is 40.6. The van der Waals surface area contributed by atoms with Gasteiger partial charge >= 0.3 is 0 Å². The van der Waals surface area contributed by atoms with E-state index in [4.69, 9.17) is 0 Å². The molecule has 0 aliphatic carbocycles. The Hall–Kier alpha value is -3.20. The van der Waals surface area contributed by atoms with Crippen molar-refractivity contribution < 1.29 is 22.8 Å². The van der Waals surface area contributed by atoms with E-state index in [-0.39, 0.29) is 54.1 Å². The van der Waals surface area contributed by atoms with Crippen molar-refractivity contribution >= 4 is 27.7 Å². The molecule has 0 aromatic heterocycles. The predicted octanol–water partition coefficient (Wildman–Crippen LogP) is 3.50. The lowest BCUT2D eigenvalue weighted by Crippen LogP contribution is -2.49. The van der Waals surface area contributed by atoms with Crippen LogP contribution >= 0.6 is 0 Å². The van der Waals surface area contributed by atoms with Crippen LogP contribution in [0, 0.1) is 12.8 Å². The van der Waals surface area contributed by atoms with Crippen LogP contribution in [0.25, 0.3) is 0 Å². The van der Waals surface area contributed by atoms with Crippen LogP contribution in [0.1, 0.15) is 61.5 Å². The Bertz CT molecular complexity index is 1210. The van der Waals surface area contributed by atoms with Gasteiger partial charge in [-0.05, 0) is 43.4 Å². The number of nitrogens with one attached hydrogen (secondary N) is 1. The number of amides is 3. The number of carbonyl (C=O) groups is 3. The van der Waals surface area contributed by atoms with E-state index >= 15 is 0 Å². The topological polar surface area (TPSA) is 104 Å². The Morgan fingerprint density at radius 1 is 1.06 bits per heavy atom. The van der Waals surface area contributed by atoms with Gasteiger partial charge in [-0.3, -0.25) is 14.4 Å². The van der Waals surface area contributed by atoms with Crippen molar-refractivity contribution in [2.75, 3.05) is 13.1 Å². The number of fused-ring (bicyclic) bond motifs is 1. The molecule has 8 nitrogen and oxygen atoms in total. The summed E-state index contributed by atoms with van der Waals surface area (Å²) in [5, 5.41) is 2.93. The first kappa shape index (κ1) is 27.4. The molecular formula is C27H35N3O5S. The summed E-state index contributed by atoms with van der Waals surface area (Å²) in [7, 11) is -3.92. The maximum absolute atomic E-state index is 13.4. The number of sulfonamides is 1. The lowest BCUT2D eigenvalue weighted by molar-refractivity contribution is -0.141. The first-order valence-electron chi connectivity index (χ1n) is 12.3. The van der Waals surface area contributed by atoms with Gasteiger partial charge in [0, 0.05) is 26.1 Å². The van der Waals surface area contributed by atoms with Crippen molar-refractivity contribution in [2.24, 2.45) is 5.92 Å². The van der Waals surface area contributed by atoms with E-state index in [2.05, 4.69) is 5.32 Å². The third kappa shape index (κ3) is 6.13. The van der Waals surface area contributed by atoms with Gasteiger partial charge in [0.2, 0.25) is 11.8 Å².